The third kappa shape index (κ3) is 3.85. The van der Waals surface area contributed by atoms with Crippen molar-refractivity contribution in [3.05, 3.63) is 0 Å². The van der Waals surface area contributed by atoms with Crippen molar-refractivity contribution in [3.8, 4) is 0 Å². The van der Waals surface area contributed by atoms with Crippen LogP contribution in [-0.2, 0) is 15.5 Å². The largest absolute Gasteiger partial charge is 0.380 e. The highest BCUT2D eigenvalue weighted by Crippen LogP contribution is 2.16. The smallest absolute Gasteiger partial charge is 0.0738 e. The summed E-state index contributed by atoms with van der Waals surface area (Å²) in [6.45, 7) is 8.64. The SMILES string of the molecule is CCCNC1CCOCC1S(=O)C(C)C. The van der Waals surface area contributed by atoms with Crippen LogP contribution in [0.5, 0.6) is 0 Å². The van der Waals surface area contributed by atoms with Crippen molar-refractivity contribution in [1.29, 1.82) is 0 Å². The molecule has 0 radical (unpaired) electrons. The van der Waals surface area contributed by atoms with Gasteiger partial charge in [-0.25, -0.2) is 0 Å². The second kappa shape index (κ2) is 6.61. The molecule has 1 aliphatic heterocycles. The van der Waals surface area contributed by atoms with Crippen molar-refractivity contribution < 1.29 is 8.95 Å². The molecule has 0 saturated carbocycles. The van der Waals surface area contributed by atoms with Crippen LogP contribution in [0.3, 0.4) is 0 Å². The molecule has 0 aromatic carbocycles. The van der Waals surface area contributed by atoms with Gasteiger partial charge in [-0.1, -0.05) is 20.8 Å². The molecule has 15 heavy (non-hydrogen) atoms. The van der Waals surface area contributed by atoms with Crippen molar-refractivity contribution in [3.63, 3.8) is 0 Å². The summed E-state index contributed by atoms with van der Waals surface area (Å²) in [6, 6.07) is 0.377. The van der Waals surface area contributed by atoms with Crippen LogP contribution < -0.4 is 5.32 Å². The summed E-state index contributed by atoms with van der Waals surface area (Å²) in [6.07, 6.45) is 2.11. The number of ether oxygens (including phenoxy) is 1. The highest BCUT2D eigenvalue weighted by molar-refractivity contribution is 7.86. The molecule has 1 rings (SSSR count). The molecule has 3 nitrogen and oxygen atoms in total. The van der Waals surface area contributed by atoms with E-state index in [0.29, 0.717) is 12.6 Å². The summed E-state index contributed by atoms with van der Waals surface area (Å²) < 4.78 is 17.5. The fourth-order valence-electron chi connectivity index (χ4n) is 1.85. The van der Waals surface area contributed by atoms with Crippen LogP contribution in [0.25, 0.3) is 0 Å². The van der Waals surface area contributed by atoms with Crippen molar-refractivity contribution >= 4 is 10.8 Å². The van der Waals surface area contributed by atoms with E-state index in [2.05, 4.69) is 12.2 Å². The third-order valence-electron chi connectivity index (χ3n) is 2.72. The van der Waals surface area contributed by atoms with E-state index in [-0.39, 0.29) is 10.5 Å². The van der Waals surface area contributed by atoms with Crippen LogP contribution in [0, 0.1) is 0 Å². The molecule has 1 saturated heterocycles. The van der Waals surface area contributed by atoms with E-state index in [9.17, 15) is 4.21 Å². The zero-order valence-electron chi connectivity index (χ0n) is 9.99. The van der Waals surface area contributed by atoms with Gasteiger partial charge in [0.15, 0.2) is 0 Å². The summed E-state index contributed by atoms with van der Waals surface area (Å²) in [5.41, 5.74) is 0. The van der Waals surface area contributed by atoms with Crippen molar-refractivity contribution in [1.82, 2.24) is 5.32 Å². The van der Waals surface area contributed by atoms with Gasteiger partial charge in [-0.05, 0) is 19.4 Å². The lowest BCUT2D eigenvalue weighted by atomic mass is 10.1. The van der Waals surface area contributed by atoms with E-state index >= 15 is 0 Å². The molecule has 1 heterocycles. The summed E-state index contributed by atoms with van der Waals surface area (Å²) in [4.78, 5) is 0. The maximum Gasteiger partial charge on any atom is 0.0738 e. The first-order valence-corrected chi connectivity index (χ1v) is 7.15. The molecule has 0 spiro atoms. The first-order valence-electron chi connectivity index (χ1n) is 5.87. The lowest BCUT2D eigenvalue weighted by Crippen LogP contribution is -2.50. The summed E-state index contributed by atoms with van der Waals surface area (Å²) >= 11 is 0. The Morgan fingerprint density at radius 2 is 2.27 bits per heavy atom. The van der Waals surface area contributed by atoms with Gasteiger partial charge in [-0.3, -0.25) is 4.21 Å². The van der Waals surface area contributed by atoms with E-state index in [1.807, 2.05) is 13.8 Å². The molecule has 0 aliphatic carbocycles. The van der Waals surface area contributed by atoms with E-state index in [1.54, 1.807) is 0 Å². The molecule has 1 N–H and O–H groups in total. The van der Waals surface area contributed by atoms with Gasteiger partial charge in [-0.15, -0.1) is 0 Å². The van der Waals surface area contributed by atoms with Crippen LogP contribution in [-0.4, -0.2) is 40.5 Å². The Morgan fingerprint density at radius 3 is 2.87 bits per heavy atom. The third-order valence-corrected chi connectivity index (χ3v) is 4.71. The average Bonchev–Trinajstić information content (AvgIpc) is 2.25. The molecule has 0 bridgehead atoms. The summed E-state index contributed by atoms with van der Waals surface area (Å²) in [5, 5.41) is 3.88. The van der Waals surface area contributed by atoms with E-state index in [0.717, 1.165) is 26.0 Å². The normalized spacial score (nSPS) is 29.3. The molecule has 90 valence electrons. The molecular weight excluding hydrogens is 210 g/mol. The molecule has 0 aromatic heterocycles. The molecule has 1 fully saturated rings. The predicted molar refractivity (Wildman–Crippen MR) is 64.6 cm³/mol. The van der Waals surface area contributed by atoms with Gasteiger partial charge in [0.2, 0.25) is 0 Å². The summed E-state index contributed by atoms with van der Waals surface area (Å²) in [7, 11) is -0.779. The minimum Gasteiger partial charge on any atom is -0.380 e. The number of hydrogen-bond donors (Lipinski definition) is 1. The second-order valence-corrected chi connectivity index (χ2v) is 6.55. The van der Waals surface area contributed by atoms with Gasteiger partial charge in [0.1, 0.15) is 0 Å². The van der Waals surface area contributed by atoms with Gasteiger partial charge in [0, 0.05) is 28.7 Å². The van der Waals surface area contributed by atoms with Crippen LogP contribution in [0.15, 0.2) is 0 Å². The Labute approximate surface area is 95.4 Å². The Balaban J connectivity index is 2.53. The Kier molecular flexibility index (Phi) is 5.79. The minimum atomic E-state index is -0.779. The Hall–Kier alpha value is 0.0700. The molecule has 4 heteroatoms. The first-order chi connectivity index (χ1) is 7.16. The van der Waals surface area contributed by atoms with Crippen LogP contribution in [0.4, 0.5) is 0 Å². The van der Waals surface area contributed by atoms with Crippen molar-refractivity contribution in [2.75, 3.05) is 19.8 Å². The maximum atomic E-state index is 12.1. The Bertz CT molecular complexity index is 209. The van der Waals surface area contributed by atoms with Crippen LogP contribution in [0.2, 0.25) is 0 Å². The Morgan fingerprint density at radius 1 is 1.53 bits per heavy atom. The zero-order valence-corrected chi connectivity index (χ0v) is 10.8. The number of rotatable bonds is 5. The highest BCUT2D eigenvalue weighted by Gasteiger charge is 2.31. The topological polar surface area (TPSA) is 38.3 Å². The average molecular weight is 233 g/mol. The van der Waals surface area contributed by atoms with Gasteiger partial charge >= 0.3 is 0 Å². The predicted octanol–water partition coefficient (Wildman–Crippen LogP) is 1.30. The molecule has 1 aliphatic rings. The lowest BCUT2D eigenvalue weighted by molar-refractivity contribution is 0.0819. The van der Waals surface area contributed by atoms with Crippen molar-refractivity contribution in [2.24, 2.45) is 0 Å². The quantitative estimate of drug-likeness (QED) is 0.778. The van der Waals surface area contributed by atoms with Crippen LogP contribution in [0.1, 0.15) is 33.6 Å². The van der Waals surface area contributed by atoms with Crippen LogP contribution >= 0.6 is 0 Å². The number of nitrogens with one attached hydrogen (secondary N) is 1. The first kappa shape index (κ1) is 13.1. The van der Waals surface area contributed by atoms with E-state index in [1.165, 1.54) is 0 Å². The lowest BCUT2D eigenvalue weighted by Gasteiger charge is -2.32. The zero-order chi connectivity index (χ0) is 11.3. The standard InChI is InChI=1S/C11H23NO2S/c1-4-6-12-10-5-7-14-8-11(10)15(13)9(2)3/h9-12H,4-8H2,1-3H3. The molecule has 0 amide bonds. The van der Waals surface area contributed by atoms with Gasteiger partial charge in [0.25, 0.3) is 0 Å². The fraction of sp³-hybridized carbons (Fsp3) is 1.00. The van der Waals surface area contributed by atoms with Gasteiger partial charge in [0.05, 0.1) is 11.9 Å². The molecule has 3 unspecified atom stereocenters. The minimum absolute atomic E-state index is 0.172. The fourth-order valence-corrected chi connectivity index (χ4v) is 3.34. The number of hydrogen-bond acceptors (Lipinski definition) is 3. The molecule has 0 aromatic rings. The van der Waals surface area contributed by atoms with Gasteiger partial charge in [-0.2, -0.15) is 0 Å². The van der Waals surface area contributed by atoms with E-state index in [4.69, 9.17) is 4.74 Å². The molecule has 3 atom stereocenters. The van der Waals surface area contributed by atoms with Gasteiger partial charge < -0.3 is 10.1 Å². The highest BCUT2D eigenvalue weighted by atomic mass is 32.2. The monoisotopic (exact) mass is 233 g/mol. The van der Waals surface area contributed by atoms with E-state index < -0.39 is 10.8 Å². The second-order valence-electron chi connectivity index (χ2n) is 4.34. The maximum absolute atomic E-state index is 12.1. The summed E-state index contributed by atoms with van der Waals surface area (Å²) in [5.74, 6) is 0. The molecular formula is C11H23NO2S. The van der Waals surface area contributed by atoms with Crippen molar-refractivity contribution in [2.45, 2.75) is 50.2 Å².